The number of amides is 1. The third-order valence-electron chi connectivity index (χ3n) is 3.48. The Balaban J connectivity index is 2.45. The predicted octanol–water partition coefficient (Wildman–Crippen LogP) is 1.99. The van der Waals surface area contributed by atoms with Gasteiger partial charge in [0.15, 0.2) is 5.78 Å². The quantitative estimate of drug-likeness (QED) is 0.864. The minimum atomic E-state index is -0.569. The van der Waals surface area contributed by atoms with Gasteiger partial charge in [0.05, 0.1) is 18.3 Å². The lowest BCUT2D eigenvalue weighted by atomic mass is 10.0. The monoisotopic (exact) mass is 290 g/mol. The van der Waals surface area contributed by atoms with Crippen LogP contribution in [0.1, 0.15) is 38.1 Å². The zero-order valence-corrected chi connectivity index (χ0v) is 12.9. The molecule has 114 valence electrons. The molecule has 0 aliphatic carbocycles. The van der Waals surface area contributed by atoms with Crippen molar-refractivity contribution >= 4 is 17.4 Å². The van der Waals surface area contributed by atoms with Crippen LogP contribution < -0.4 is 15.4 Å². The van der Waals surface area contributed by atoms with Crippen LogP contribution in [-0.4, -0.2) is 30.4 Å². The molecule has 0 spiro atoms. The first-order valence-corrected chi connectivity index (χ1v) is 7.23. The fourth-order valence-corrected chi connectivity index (χ4v) is 2.37. The van der Waals surface area contributed by atoms with Crippen molar-refractivity contribution in [2.45, 2.75) is 39.8 Å². The van der Waals surface area contributed by atoms with Crippen LogP contribution in [0, 0.1) is 5.92 Å². The Morgan fingerprint density at radius 1 is 1.33 bits per heavy atom. The molecule has 0 saturated carbocycles. The molecule has 2 N–H and O–H groups in total. The topological polar surface area (TPSA) is 72.6 Å². The van der Waals surface area contributed by atoms with Gasteiger partial charge in [-0.2, -0.15) is 0 Å². The normalized spacial score (nSPS) is 19.0. The van der Waals surface area contributed by atoms with E-state index < -0.39 is 6.04 Å². The molecule has 2 rings (SSSR count). The smallest absolute Gasteiger partial charge is 0.229 e. The SMILES string of the molecule is CC1CN(C(=O)C(C)C)c2cc(C(=O)C(C)N)ccc2O1. The molecule has 2 atom stereocenters. The van der Waals surface area contributed by atoms with Crippen LogP contribution in [0.2, 0.25) is 0 Å². The van der Waals surface area contributed by atoms with Crippen molar-refractivity contribution in [2.24, 2.45) is 11.7 Å². The number of rotatable bonds is 3. The van der Waals surface area contributed by atoms with Gasteiger partial charge in [0, 0.05) is 11.5 Å². The Morgan fingerprint density at radius 3 is 2.57 bits per heavy atom. The van der Waals surface area contributed by atoms with Gasteiger partial charge in [-0.3, -0.25) is 9.59 Å². The van der Waals surface area contributed by atoms with Gasteiger partial charge in [-0.15, -0.1) is 0 Å². The third-order valence-corrected chi connectivity index (χ3v) is 3.48. The largest absolute Gasteiger partial charge is 0.487 e. The molecular formula is C16H22N2O3. The minimum Gasteiger partial charge on any atom is -0.487 e. The first kappa shape index (κ1) is 15.5. The average molecular weight is 290 g/mol. The van der Waals surface area contributed by atoms with E-state index >= 15 is 0 Å². The number of nitrogens with zero attached hydrogens (tertiary/aromatic N) is 1. The second kappa shape index (κ2) is 5.85. The molecule has 21 heavy (non-hydrogen) atoms. The Labute approximate surface area is 125 Å². The van der Waals surface area contributed by atoms with Crippen LogP contribution in [0.25, 0.3) is 0 Å². The number of benzene rings is 1. The summed E-state index contributed by atoms with van der Waals surface area (Å²) in [4.78, 5) is 26.1. The molecule has 0 bridgehead atoms. The second-order valence-corrected chi connectivity index (χ2v) is 5.87. The van der Waals surface area contributed by atoms with E-state index in [1.165, 1.54) is 0 Å². The second-order valence-electron chi connectivity index (χ2n) is 5.87. The molecule has 5 nitrogen and oxygen atoms in total. The summed E-state index contributed by atoms with van der Waals surface area (Å²) in [6, 6.07) is 4.57. The number of hydrogen-bond acceptors (Lipinski definition) is 4. The first-order valence-electron chi connectivity index (χ1n) is 7.23. The van der Waals surface area contributed by atoms with E-state index in [9.17, 15) is 9.59 Å². The molecule has 1 amide bonds. The van der Waals surface area contributed by atoms with Gasteiger partial charge < -0.3 is 15.4 Å². The standard InChI is InChI=1S/C16H22N2O3/c1-9(2)16(20)18-8-10(3)21-14-6-5-12(7-13(14)18)15(19)11(4)17/h5-7,9-11H,8,17H2,1-4H3. The molecule has 1 aliphatic heterocycles. The Morgan fingerprint density at radius 2 is 2.00 bits per heavy atom. The van der Waals surface area contributed by atoms with Crippen molar-refractivity contribution in [2.75, 3.05) is 11.4 Å². The number of nitrogens with two attached hydrogens (primary N) is 1. The number of Topliss-reactive ketones (excluding diaryl/α,β-unsaturated/α-hetero) is 1. The summed E-state index contributed by atoms with van der Waals surface area (Å²) in [5.74, 6) is 0.394. The van der Waals surface area contributed by atoms with E-state index in [1.54, 1.807) is 30.0 Å². The maximum atomic E-state index is 12.4. The molecular weight excluding hydrogens is 268 g/mol. The maximum absolute atomic E-state index is 12.4. The molecule has 1 aliphatic rings. The van der Waals surface area contributed by atoms with E-state index in [2.05, 4.69) is 0 Å². The van der Waals surface area contributed by atoms with Crippen LogP contribution >= 0.6 is 0 Å². The predicted molar refractivity (Wildman–Crippen MR) is 81.7 cm³/mol. The van der Waals surface area contributed by atoms with Crippen LogP contribution in [0.5, 0.6) is 5.75 Å². The fourth-order valence-electron chi connectivity index (χ4n) is 2.37. The Kier molecular flexibility index (Phi) is 4.32. The van der Waals surface area contributed by atoms with Crippen LogP contribution in [0.3, 0.4) is 0 Å². The van der Waals surface area contributed by atoms with Gasteiger partial charge in [-0.25, -0.2) is 0 Å². The van der Waals surface area contributed by atoms with Crippen molar-refractivity contribution in [3.8, 4) is 5.75 Å². The van der Waals surface area contributed by atoms with Crippen molar-refractivity contribution in [1.29, 1.82) is 0 Å². The summed E-state index contributed by atoms with van der Waals surface area (Å²) in [6.45, 7) is 7.78. The summed E-state index contributed by atoms with van der Waals surface area (Å²) in [6.07, 6.45) is -0.0739. The van der Waals surface area contributed by atoms with Crippen molar-refractivity contribution in [1.82, 2.24) is 0 Å². The highest BCUT2D eigenvalue weighted by atomic mass is 16.5. The maximum Gasteiger partial charge on any atom is 0.229 e. The average Bonchev–Trinajstić information content (AvgIpc) is 2.44. The molecule has 0 aromatic heterocycles. The number of hydrogen-bond donors (Lipinski definition) is 1. The van der Waals surface area contributed by atoms with E-state index in [0.29, 0.717) is 23.5 Å². The van der Waals surface area contributed by atoms with E-state index in [1.807, 2.05) is 20.8 Å². The lowest BCUT2D eigenvalue weighted by molar-refractivity contribution is -0.121. The number of carbonyl (C=O) groups excluding carboxylic acids is 2. The fraction of sp³-hybridized carbons (Fsp3) is 0.500. The zero-order valence-electron chi connectivity index (χ0n) is 12.9. The molecule has 2 unspecified atom stereocenters. The third kappa shape index (κ3) is 3.08. The van der Waals surface area contributed by atoms with Crippen LogP contribution in [0.4, 0.5) is 5.69 Å². The highest BCUT2D eigenvalue weighted by molar-refractivity contribution is 6.03. The van der Waals surface area contributed by atoms with Crippen molar-refractivity contribution in [3.05, 3.63) is 23.8 Å². The Bertz CT molecular complexity index is 567. The molecule has 0 saturated heterocycles. The molecule has 1 heterocycles. The minimum absolute atomic E-state index is 0.0248. The molecule has 1 aromatic rings. The van der Waals surface area contributed by atoms with E-state index in [-0.39, 0.29) is 23.7 Å². The van der Waals surface area contributed by atoms with Gasteiger partial charge in [-0.05, 0) is 32.0 Å². The highest BCUT2D eigenvalue weighted by Crippen LogP contribution is 2.35. The van der Waals surface area contributed by atoms with Crippen molar-refractivity contribution < 1.29 is 14.3 Å². The molecule has 0 radical (unpaired) electrons. The summed E-state index contributed by atoms with van der Waals surface area (Å²) < 4.78 is 5.75. The van der Waals surface area contributed by atoms with E-state index in [4.69, 9.17) is 10.5 Å². The molecule has 1 aromatic carbocycles. The summed E-state index contributed by atoms with van der Waals surface area (Å²) >= 11 is 0. The van der Waals surface area contributed by atoms with Gasteiger partial charge >= 0.3 is 0 Å². The lowest BCUT2D eigenvalue weighted by Gasteiger charge is -2.34. The Hall–Kier alpha value is -1.88. The van der Waals surface area contributed by atoms with Gasteiger partial charge in [-0.1, -0.05) is 13.8 Å². The number of anilines is 1. The zero-order chi connectivity index (χ0) is 15.7. The van der Waals surface area contributed by atoms with Gasteiger partial charge in [0.2, 0.25) is 5.91 Å². The molecule has 0 fully saturated rings. The summed E-state index contributed by atoms with van der Waals surface area (Å²) in [5, 5.41) is 0. The van der Waals surface area contributed by atoms with Gasteiger partial charge in [0.25, 0.3) is 0 Å². The summed E-state index contributed by atoms with van der Waals surface area (Å²) in [7, 11) is 0. The number of ketones is 1. The van der Waals surface area contributed by atoms with E-state index in [0.717, 1.165) is 0 Å². The van der Waals surface area contributed by atoms with Crippen LogP contribution in [-0.2, 0) is 4.79 Å². The summed E-state index contributed by atoms with van der Waals surface area (Å²) in [5.41, 5.74) is 6.80. The number of ether oxygens (including phenoxy) is 1. The van der Waals surface area contributed by atoms with Crippen molar-refractivity contribution in [3.63, 3.8) is 0 Å². The highest BCUT2D eigenvalue weighted by Gasteiger charge is 2.29. The lowest BCUT2D eigenvalue weighted by Crippen LogP contribution is -2.44. The number of carbonyl (C=O) groups is 2. The van der Waals surface area contributed by atoms with Crippen LogP contribution in [0.15, 0.2) is 18.2 Å². The number of fused-ring (bicyclic) bond motifs is 1. The first-order chi connectivity index (χ1) is 9.81. The van der Waals surface area contributed by atoms with Gasteiger partial charge in [0.1, 0.15) is 11.9 Å². The molecule has 5 heteroatoms.